The maximum atomic E-state index is 11.7. The number of carboxylic acid groups (broad SMARTS) is 1. The van der Waals surface area contributed by atoms with Crippen molar-refractivity contribution in [3.8, 4) is 5.88 Å². The van der Waals surface area contributed by atoms with Crippen LogP contribution in [-0.2, 0) is 4.79 Å². The molecule has 1 fully saturated rings. The van der Waals surface area contributed by atoms with E-state index in [4.69, 9.17) is 4.74 Å². The lowest BCUT2D eigenvalue weighted by Gasteiger charge is -2.36. The van der Waals surface area contributed by atoms with Gasteiger partial charge < -0.3 is 15.2 Å². The fourth-order valence-electron chi connectivity index (χ4n) is 2.78. The predicted molar refractivity (Wildman–Crippen MR) is 79.5 cm³/mol. The molecule has 1 heterocycles. The van der Waals surface area contributed by atoms with Crippen LogP contribution < -0.4 is 10.1 Å². The van der Waals surface area contributed by atoms with Crippen LogP contribution in [-0.4, -0.2) is 34.7 Å². The molecular weight excluding hydrogens is 270 g/mol. The topological polar surface area (TPSA) is 84.3 Å². The van der Waals surface area contributed by atoms with Crippen molar-refractivity contribution in [1.29, 1.82) is 0 Å². The van der Waals surface area contributed by atoms with Gasteiger partial charge >= 0.3 is 5.97 Å². The molecule has 0 aliphatic heterocycles. The average Bonchev–Trinajstić information content (AvgIpc) is 2.46. The number of ether oxygens (including phenoxy) is 1. The predicted octanol–water partition coefficient (Wildman–Crippen LogP) is 2.49. The van der Waals surface area contributed by atoms with Crippen LogP contribution >= 0.6 is 0 Å². The summed E-state index contributed by atoms with van der Waals surface area (Å²) >= 11 is 0. The Kier molecular flexibility index (Phi) is 4.65. The maximum Gasteiger partial charge on any atom is 0.311 e. The maximum absolute atomic E-state index is 11.7. The van der Waals surface area contributed by atoms with Gasteiger partial charge in [0.05, 0.1) is 12.5 Å². The Bertz CT molecular complexity index is 511. The number of carbonyl (C=O) groups is 1. The molecule has 1 saturated carbocycles. The number of hydrogen-bond acceptors (Lipinski definition) is 5. The van der Waals surface area contributed by atoms with Gasteiger partial charge in [0, 0.05) is 12.6 Å². The molecule has 0 bridgehead atoms. The van der Waals surface area contributed by atoms with E-state index < -0.39 is 11.4 Å². The van der Waals surface area contributed by atoms with Crippen LogP contribution in [0.3, 0.4) is 0 Å². The highest BCUT2D eigenvalue weighted by Gasteiger charge is 2.41. The fourth-order valence-corrected chi connectivity index (χ4v) is 2.78. The molecule has 1 aliphatic carbocycles. The second-order valence-corrected chi connectivity index (χ2v) is 5.96. The quantitative estimate of drug-likeness (QED) is 0.867. The molecule has 0 saturated heterocycles. The van der Waals surface area contributed by atoms with Crippen LogP contribution in [0, 0.1) is 18.3 Å². The fraction of sp³-hybridized carbons (Fsp3) is 0.667. The second-order valence-electron chi connectivity index (χ2n) is 5.96. The Balaban J connectivity index is 2.09. The zero-order chi connectivity index (χ0) is 15.5. The molecule has 0 aromatic carbocycles. The molecule has 0 atom stereocenters. The van der Waals surface area contributed by atoms with Crippen molar-refractivity contribution in [3.63, 3.8) is 0 Å². The Labute approximate surface area is 124 Å². The van der Waals surface area contributed by atoms with E-state index in [-0.39, 0.29) is 0 Å². The van der Waals surface area contributed by atoms with Gasteiger partial charge in [-0.15, -0.1) is 0 Å². The van der Waals surface area contributed by atoms with Crippen LogP contribution in [0.1, 0.15) is 38.4 Å². The second kappa shape index (κ2) is 6.28. The molecule has 1 aliphatic rings. The van der Waals surface area contributed by atoms with E-state index in [9.17, 15) is 9.90 Å². The normalized spacial score (nSPS) is 25.4. The zero-order valence-electron chi connectivity index (χ0n) is 12.8. The minimum absolute atomic E-state index is 0.384. The first-order chi connectivity index (χ1) is 9.95. The van der Waals surface area contributed by atoms with E-state index in [0.717, 1.165) is 12.8 Å². The van der Waals surface area contributed by atoms with Crippen LogP contribution in [0.5, 0.6) is 5.88 Å². The average molecular weight is 293 g/mol. The number of nitrogens with zero attached hydrogens (tertiary/aromatic N) is 2. The molecule has 2 rings (SSSR count). The van der Waals surface area contributed by atoms with Crippen LogP contribution in [0.2, 0.25) is 0 Å². The van der Waals surface area contributed by atoms with Gasteiger partial charge in [-0.05, 0) is 38.5 Å². The number of carboxylic acids is 1. The summed E-state index contributed by atoms with van der Waals surface area (Å²) in [5.41, 5.74) is -0.696. The van der Waals surface area contributed by atoms with Crippen molar-refractivity contribution in [1.82, 2.24) is 9.97 Å². The molecule has 1 aromatic heterocycles. The van der Waals surface area contributed by atoms with Crippen LogP contribution in [0.25, 0.3) is 0 Å². The summed E-state index contributed by atoms with van der Waals surface area (Å²) in [6.07, 6.45) is 3.33. The Morgan fingerprint density at radius 2 is 2.14 bits per heavy atom. The summed E-state index contributed by atoms with van der Waals surface area (Å²) in [5.74, 6) is 1.57. The summed E-state index contributed by atoms with van der Waals surface area (Å²) in [6.45, 7) is 4.34. The number of aliphatic carboxylic acids is 1. The van der Waals surface area contributed by atoms with Gasteiger partial charge in [0.25, 0.3) is 0 Å². The highest BCUT2D eigenvalue weighted by atomic mass is 16.5. The molecule has 0 unspecified atom stereocenters. The Hall–Kier alpha value is -1.85. The molecule has 116 valence electrons. The monoisotopic (exact) mass is 293 g/mol. The lowest BCUT2D eigenvalue weighted by Crippen LogP contribution is -2.41. The van der Waals surface area contributed by atoms with Gasteiger partial charge in [-0.25, -0.2) is 4.98 Å². The van der Waals surface area contributed by atoms with E-state index in [1.807, 2.05) is 0 Å². The van der Waals surface area contributed by atoms with E-state index in [1.54, 1.807) is 20.1 Å². The summed E-state index contributed by atoms with van der Waals surface area (Å²) < 4.78 is 5.11. The molecule has 0 radical (unpaired) electrons. The number of aromatic nitrogens is 2. The molecule has 0 spiro atoms. The van der Waals surface area contributed by atoms with Gasteiger partial charge in [0.1, 0.15) is 11.6 Å². The first-order valence-corrected chi connectivity index (χ1v) is 7.32. The van der Waals surface area contributed by atoms with Crippen molar-refractivity contribution in [3.05, 3.63) is 11.9 Å². The first-order valence-electron chi connectivity index (χ1n) is 7.32. The van der Waals surface area contributed by atoms with Gasteiger partial charge in [0.2, 0.25) is 5.88 Å². The van der Waals surface area contributed by atoms with Crippen molar-refractivity contribution in [2.45, 2.75) is 39.5 Å². The van der Waals surface area contributed by atoms with Gasteiger partial charge in [-0.2, -0.15) is 4.98 Å². The summed E-state index contributed by atoms with van der Waals surface area (Å²) in [6, 6.07) is 1.69. The van der Waals surface area contributed by atoms with Crippen molar-refractivity contribution >= 4 is 11.8 Å². The van der Waals surface area contributed by atoms with E-state index in [1.165, 1.54) is 0 Å². The molecular formula is C15H23N3O3. The van der Waals surface area contributed by atoms with Gasteiger partial charge in [0.15, 0.2) is 0 Å². The van der Waals surface area contributed by atoms with Gasteiger partial charge in [-0.1, -0.05) is 6.92 Å². The summed E-state index contributed by atoms with van der Waals surface area (Å²) in [4.78, 5) is 20.1. The Morgan fingerprint density at radius 3 is 2.71 bits per heavy atom. The molecule has 6 heteroatoms. The SMILES string of the molecule is COc1cc(NCC2(C(=O)O)CCC(C)CC2)nc(C)n1. The number of nitrogens with one attached hydrogen (secondary N) is 1. The Morgan fingerprint density at radius 1 is 1.48 bits per heavy atom. The molecule has 1 aromatic rings. The summed E-state index contributed by atoms with van der Waals surface area (Å²) in [7, 11) is 1.55. The lowest BCUT2D eigenvalue weighted by atomic mass is 9.71. The number of methoxy groups -OCH3 is 1. The van der Waals surface area contributed by atoms with Crippen molar-refractivity contribution in [2.75, 3.05) is 19.0 Å². The standard InChI is InChI=1S/C15H23N3O3/c1-10-4-6-15(7-5-10,14(19)20)9-16-12-8-13(21-3)18-11(2)17-12/h8,10H,4-7,9H2,1-3H3,(H,19,20)(H,16,17,18). The van der Waals surface area contributed by atoms with Gasteiger partial charge in [-0.3, -0.25) is 4.79 Å². The highest BCUT2D eigenvalue weighted by molar-refractivity contribution is 5.75. The van der Waals surface area contributed by atoms with E-state index in [2.05, 4.69) is 22.2 Å². The number of anilines is 1. The minimum Gasteiger partial charge on any atom is -0.481 e. The number of hydrogen-bond donors (Lipinski definition) is 2. The smallest absolute Gasteiger partial charge is 0.311 e. The molecule has 6 nitrogen and oxygen atoms in total. The van der Waals surface area contributed by atoms with E-state index in [0.29, 0.717) is 42.8 Å². The first kappa shape index (κ1) is 15.5. The minimum atomic E-state index is -0.723. The van der Waals surface area contributed by atoms with Crippen molar-refractivity contribution < 1.29 is 14.6 Å². The third-order valence-corrected chi connectivity index (χ3v) is 4.32. The highest BCUT2D eigenvalue weighted by Crippen LogP contribution is 2.39. The lowest BCUT2D eigenvalue weighted by molar-refractivity contribution is -0.150. The largest absolute Gasteiger partial charge is 0.481 e. The van der Waals surface area contributed by atoms with Crippen LogP contribution in [0.15, 0.2) is 6.07 Å². The third-order valence-electron chi connectivity index (χ3n) is 4.32. The number of rotatable bonds is 5. The number of aryl methyl sites for hydroxylation is 1. The summed E-state index contributed by atoms with van der Waals surface area (Å²) in [5, 5.41) is 12.8. The third kappa shape index (κ3) is 3.62. The molecule has 0 amide bonds. The zero-order valence-corrected chi connectivity index (χ0v) is 12.8. The van der Waals surface area contributed by atoms with Crippen LogP contribution in [0.4, 0.5) is 5.82 Å². The van der Waals surface area contributed by atoms with Crippen molar-refractivity contribution in [2.24, 2.45) is 11.3 Å². The van der Waals surface area contributed by atoms with E-state index >= 15 is 0 Å². The molecule has 21 heavy (non-hydrogen) atoms. The molecule has 2 N–H and O–H groups in total.